The molecule has 9 heteroatoms. The van der Waals surface area contributed by atoms with E-state index in [1.165, 1.54) is 12.1 Å². The molecule has 0 aromatic heterocycles. The molecule has 1 heterocycles. The fourth-order valence-corrected chi connectivity index (χ4v) is 6.49. The Labute approximate surface area is 313 Å². The minimum atomic E-state index is -0.771. The molecule has 0 N–H and O–H groups in total. The number of benzene rings is 4. The maximum absolute atomic E-state index is 14.8. The van der Waals surface area contributed by atoms with Gasteiger partial charge in [0.05, 0.1) is 38.5 Å². The van der Waals surface area contributed by atoms with E-state index in [1.54, 1.807) is 4.90 Å². The molecule has 0 saturated carbocycles. The molecule has 7 nitrogen and oxygen atoms in total. The van der Waals surface area contributed by atoms with Gasteiger partial charge in [-0.1, -0.05) is 112 Å². The van der Waals surface area contributed by atoms with Crippen LogP contribution in [0.25, 0.3) is 0 Å². The van der Waals surface area contributed by atoms with Crippen molar-refractivity contribution in [2.75, 3.05) is 19.8 Å². The van der Waals surface area contributed by atoms with Gasteiger partial charge in [0.25, 0.3) is 0 Å². The molecule has 1 fully saturated rings. The highest BCUT2D eigenvalue weighted by molar-refractivity contribution is 5.69. The van der Waals surface area contributed by atoms with E-state index in [-0.39, 0.29) is 31.6 Å². The number of ether oxygens (including phenoxy) is 4. The summed E-state index contributed by atoms with van der Waals surface area (Å²) < 4.78 is 55.2. The van der Waals surface area contributed by atoms with Gasteiger partial charge in [0.15, 0.2) is 6.29 Å². The van der Waals surface area contributed by atoms with Gasteiger partial charge in [-0.05, 0) is 67.0 Å². The molecule has 4 aromatic carbocycles. The second-order valence-corrected chi connectivity index (χ2v) is 16.0. The van der Waals surface area contributed by atoms with Gasteiger partial charge in [0.1, 0.15) is 17.2 Å². The number of halogens is 2. The molecule has 5 rings (SSSR count). The molecule has 4 aromatic rings. The van der Waals surface area contributed by atoms with Crippen LogP contribution in [0.5, 0.6) is 0 Å². The predicted molar refractivity (Wildman–Crippen MR) is 203 cm³/mol. The summed E-state index contributed by atoms with van der Waals surface area (Å²) in [7, 11) is 0. The van der Waals surface area contributed by atoms with Gasteiger partial charge in [-0.15, -0.1) is 0 Å². The van der Waals surface area contributed by atoms with Crippen molar-refractivity contribution >= 4 is 6.09 Å². The molecule has 0 unspecified atom stereocenters. The topological polar surface area (TPSA) is 60.5 Å². The number of carbonyl (C=O) groups is 1. The molecule has 284 valence electrons. The van der Waals surface area contributed by atoms with Crippen LogP contribution in [0.15, 0.2) is 109 Å². The van der Waals surface area contributed by atoms with E-state index < -0.39 is 47.8 Å². The Morgan fingerprint density at radius 2 is 1.32 bits per heavy atom. The number of amides is 1. The number of nitrogens with zero attached hydrogens (tertiary/aromatic N) is 2. The minimum Gasteiger partial charge on any atom is -0.444 e. The highest BCUT2D eigenvalue weighted by Gasteiger charge is 2.45. The van der Waals surface area contributed by atoms with Gasteiger partial charge in [0, 0.05) is 25.2 Å². The number of hydrogen-bond donors (Lipinski definition) is 0. The third-order valence-corrected chi connectivity index (χ3v) is 8.87. The monoisotopic (exact) mass is 728 g/mol. The molecule has 1 saturated heterocycles. The van der Waals surface area contributed by atoms with Gasteiger partial charge in [0.2, 0.25) is 0 Å². The van der Waals surface area contributed by atoms with Crippen molar-refractivity contribution in [3.05, 3.63) is 143 Å². The summed E-state index contributed by atoms with van der Waals surface area (Å²) in [5.74, 6) is -1.32. The Balaban J connectivity index is 1.63. The molecular formula is C44H54F2N2O5. The van der Waals surface area contributed by atoms with Crippen molar-refractivity contribution < 1.29 is 32.5 Å². The van der Waals surface area contributed by atoms with E-state index in [0.717, 1.165) is 22.8 Å². The quantitative estimate of drug-likeness (QED) is 0.129. The first kappa shape index (κ1) is 40.0. The summed E-state index contributed by atoms with van der Waals surface area (Å²) in [6, 6.07) is 32.4. The van der Waals surface area contributed by atoms with Crippen LogP contribution in [0.2, 0.25) is 0 Å². The molecule has 1 amide bonds. The Bertz CT molecular complexity index is 1650. The van der Waals surface area contributed by atoms with Gasteiger partial charge >= 0.3 is 6.09 Å². The SMILES string of the molecule is CC(C)(C)CO[C@H]1CN(C(=O)OC(C)(C)C)[C@@H]([C@@H](OCc2ccccc2)[C@H](Cc2cc(F)cc(F)c2)N(Cc2ccccc2)Cc2ccccc2)CO1. The largest absolute Gasteiger partial charge is 0.444 e. The number of carbonyl (C=O) groups excluding carboxylic acids is 1. The molecule has 1 aliphatic rings. The number of hydrogen-bond acceptors (Lipinski definition) is 6. The first-order valence-electron chi connectivity index (χ1n) is 18.4. The molecule has 0 radical (unpaired) electrons. The van der Waals surface area contributed by atoms with Crippen molar-refractivity contribution in [3.63, 3.8) is 0 Å². The summed E-state index contributed by atoms with van der Waals surface area (Å²) in [5, 5.41) is 0. The van der Waals surface area contributed by atoms with Crippen LogP contribution in [-0.4, -0.2) is 65.7 Å². The minimum absolute atomic E-state index is 0.0893. The third kappa shape index (κ3) is 12.7. The first-order valence-corrected chi connectivity index (χ1v) is 18.4. The van der Waals surface area contributed by atoms with E-state index in [9.17, 15) is 13.6 Å². The van der Waals surface area contributed by atoms with Crippen LogP contribution in [0.1, 0.15) is 63.8 Å². The van der Waals surface area contributed by atoms with Crippen LogP contribution >= 0.6 is 0 Å². The van der Waals surface area contributed by atoms with E-state index in [2.05, 4.69) is 49.9 Å². The summed E-state index contributed by atoms with van der Waals surface area (Å²) in [6.45, 7) is 13.6. The Morgan fingerprint density at radius 1 is 0.792 bits per heavy atom. The summed E-state index contributed by atoms with van der Waals surface area (Å²) >= 11 is 0. The lowest BCUT2D eigenvalue weighted by atomic mass is 9.92. The van der Waals surface area contributed by atoms with Crippen molar-refractivity contribution in [3.8, 4) is 0 Å². The van der Waals surface area contributed by atoms with Gasteiger partial charge in [-0.3, -0.25) is 9.80 Å². The number of morpholine rings is 1. The van der Waals surface area contributed by atoms with Crippen molar-refractivity contribution in [2.45, 2.75) is 97.7 Å². The lowest BCUT2D eigenvalue weighted by Crippen LogP contribution is -2.63. The van der Waals surface area contributed by atoms with E-state index in [1.807, 2.05) is 87.5 Å². The zero-order chi connectivity index (χ0) is 38.0. The fraction of sp³-hybridized carbons (Fsp3) is 0.432. The van der Waals surface area contributed by atoms with Crippen molar-refractivity contribution in [1.82, 2.24) is 9.80 Å². The smallest absolute Gasteiger partial charge is 0.410 e. The molecule has 4 atom stereocenters. The predicted octanol–water partition coefficient (Wildman–Crippen LogP) is 9.19. The standard InChI is InChI=1S/C44H54F2N2O5/c1-43(2,3)31-52-40-28-48(42(49)53-44(4,5)6)39(30-50-40)41(51-29-34-20-14-9-15-21-34)38(24-35-22-36(45)25-37(46)23-35)47(26-32-16-10-7-11-17-32)27-33-18-12-8-13-19-33/h7-23,25,38-41H,24,26-31H2,1-6H3/t38-,39+,40-,41-/m0/s1. The summed E-state index contributed by atoms with van der Waals surface area (Å²) in [6.07, 6.45) is -1.70. The van der Waals surface area contributed by atoms with Gasteiger partial charge < -0.3 is 18.9 Å². The molecule has 53 heavy (non-hydrogen) atoms. The van der Waals surface area contributed by atoms with E-state index in [4.69, 9.17) is 18.9 Å². The molecule has 1 aliphatic heterocycles. The summed E-state index contributed by atoms with van der Waals surface area (Å²) in [4.78, 5) is 18.1. The molecule has 0 spiro atoms. The normalized spacial score (nSPS) is 17.8. The van der Waals surface area contributed by atoms with E-state index >= 15 is 0 Å². The average Bonchev–Trinajstić information content (AvgIpc) is 3.10. The zero-order valence-corrected chi connectivity index (χ0v) is 31.8. The van der Waals surface area contributed by atoms with Crippen LogP contribution in [0, 0.1) is 17.0 Å². The lowest BCUT2D eigenvalue weighted by molar-refractivity contribution is -0.218. The van der Waals surface area contributed by atoms with Crippen LogP contribution in [0.4, 0.5) is 13.6 Å². The van der Waals surface area contributed by atoms with Crippen LogP contribution in [0.3, 0.4) is 0 Å². The maximum atomic E-state index is 14.8. The molecule has 0 bridgehead atoms. The molecular weight excluding hydrogens is 674 g/mol. The highest BCUT2D eigenvalue weighted by atomic mass is 19.1. The number of rotatable bonds is 14. The Morgan fingerprint density at radius 3 is 1.83 bits per heavy atom. The second-order valence-electron chi connectivity index (χ2n) is 16.0. The highest BCUT2D eigenvalue weighted by Crippen LogP contribution is 2.30. The second kappa shape index (κ2) is 18.3. The van der Waals surface area contributed by atoms with Gasteiger partial charge in [-0.2, -0.15) is 0 Å². The van der Waals surface area contributed by atoms with Crippen molar-refractivity contribution in [1.29, 1.82) is 0 Å². The van der Waals surface area contributed by atoms with Crippen molar-refractivity contribution in [2.24, 2.45) is 5.41 Å². The Hall–Kier alpha value is -4.15. The lowest BCUT2D eigenvalue weighted by Gasteiger charge is -2.47. The van der Waals surface area contributed by atoms with Crippen LogP contribution < -0.4 is 0 Å². The average molecular weight is 729 g/mol. The maximum Gasteiger partial charge on any atom is 0.410 e. The third-order valence-electron chi connectivity index (χ3n) is 8.87. The van der Waals surface area contributed by atoms with Gasteiger partial charge in [-0.25, -0.2) is 13.6 Å². The van der Waals surface area contributed by atoms with E-state index in [0.29, 0.717) is 25.3 Å². The molecule has 0 aliphatic carbocycles. The zero-order valence-electron chi connectivity index (χ0n) is 31.8. The first-order chi connectivity index (χ1) is 25.2. The Kier molecular flexibility index (Phi) is 13.8. The van der Waals surface area contributed by atoms with Crippen LogP contribution in [-0.2, 0) is 45.1 Å². The fourth-order valence-electron chi connectivity index (χ4n) is 6.49. The summed E-state index contributed by atoms with van der Waals surface area (Å²) in [5.41, 5.74) is 2.63.